The van der Waals surface area contributed by atoms with E-state index in [2.05, 4.69) is 5.32 Å². The Morgan fingerprint density at radius 1 is 1.12 bits per heavy atom. The highest BCUT2D eigenvalue weighted by atomic mass is 32.2. The summed E-state index contributed by atoms with van der Waals surface area (Å²) in [7, 11) is 0. The van der Waals surface area contributed by atoms with Crippen LogP contribution in [0.1, 0.15) is 24.0 Å². The first-order valence-electron chi connectivity index (χ1n) is 11.1. The second-order valence-corrected chi connectivity index (χ2v) is 10.1. The monoisotopic (exact) mass is 493 g/mol. The number of fused-ring (bicyclic) bond motifs is 1. The number of nitrogens with one attached hydrogen (secondary N) is 1. The van der Waals surface area contributed by atoms with Gasteiger partial charge < -0.3 is 10.1 Å². The van der Waals surface area contributed by atoms with Gasteiger partial charge in [-0.05, 0) is 38.0 Å². The fraction of sp³-hybridized carbons (Fsp3) is 0.280. The van der Waals surface area contributed by atoms with E-state index in [1.165, 1.54) is 9.80 Å². The molecule has 1 N–H and O–H groups in total. The third kappa shape index (κ3) is 4.26. The van der Waals surface area contributed by atoms with Crippen molar-refractivity contribution in [3.63, 3.8) is 0 Å². The number of benzene rings is 2. The molecule has 0 aromatic heterocycles. The molecule has 3 heterocycles. The Labute approximate surface area is 207 Å². The maximum absolute atomic E-state index is 13.5. The number of thioether (sulfide) groups is 1. The smallest absolute Gasteiger partial charge is 0.267 e. The van der Waals surface area contributed by atoms with Crippen LogP contribution in [0, 0.1) is 6.92 Å². The summed E-state index contributed by atoms with van der Waals surface area (Å²) in [5.74, 6) is -0.980. The van der Waals surface area contributed by atoms with Crippen molar-refractivity contribution in [2.24, 2.45) is 0 Å². The molecule has 2 aromatic carbocycles. The molecule has 34 heavy (non-hydrogen) atoms. The van der Waals surface area contributed by atoms with Crippen molar-refractivity contribution in [2.45, 2.75) is 25.9 Å². The van der Waals surface area contributed by atoms with E-state index in [0.717, 1.165) is 30.2 Å². The van der Waals surface area contributed by atoms with E-state index >= 15 is 0 Å². The standard InChI is InChI=1S/C25H23N3O4S2/c1-15-8-10-16(11-9-15)26-20(29)14-27-19-7-3-2-6-18(19)21(23(27)30)22-24(31)28(25(33)34-22)13-17-5-4-12-32-17/h2-3,6-11,17H,4-5,12-14H2,1H3,(H,26,29)/b22-21-. The molecular formula is C25H23N3O4S2. The maximum atomic E-state index is 13.5. The number of thiocarbonyl (C=S) groups is 1. The van der Waals surface area contributed by atoms with Gasteiger partial charge in [-0.2, -0.15) is 0 Å². The molecule has 2 aromatic rings. The summed E-state index contributed by atoms with van der Waals surface area (Å²) in [5.41, 5.74) is 3.28. The number of hydrogen-bond donors (Lipinski definition) is 1. The number of rotatable bonds is 5. The van der Waals surface area contributed by atoms with Crippen molar-refractivity contribution in [2.75, 3.05) is 29.9 Å². The van der Waals surface area contributed by atoms with Gasteiger partial charge in [0.25, 0.3) is 11.8 Å². The van der Waals surface area contributed by atoms with Crippen molar-refractivity contribution in [1.82, 2.24) is 4.90 Å². The number of aryl methyl sites for hydroxylation is 1. The lowest BCUT2D eigenvalue weighted by molar-refractivity contribution is -0.123. The van der Waals surface area contributed by atoms with Gasteiger partial charge in [-0.25, -0.2) is 0 Å². The van der Waals surface area contributed by atoms with Gasteiger partial charge >= 0.3 is 0 Å². The minimum absolute atomic E-state index is 0.0413. The lowest BCUT2D eigenvalue weighted by atomic mass is 10.1. The Morgan fingerprint density at radius 3 is 2.62 bits per heavy atom. The number of nitrogens with zero attached hydrogens (tertiary/aromatic N) is 2. The van der Waals surface area contributed by atoms with Crippen LogP contribution in [0.4, 0.5) is 11.4 Å². The third-order valence-corrected chi connectivity index (χ3v) is 7.49. The first-order chi connectivity index (χ1) is 16.4. The molecule has 0 saturated carbocycles. The third-order valence-electron chi connectivity index (χ3n) is 6.05. The number of ether oxygens (including phenoxy) is 1. The summed E-state index contributed by atoms with van der Waals surface area (Å²) >= 11 is 6.61. The molecule has 3 amide bonds. The molecule has 1 atom stereocenters. The SMILES string of the molecule is Cc1ccc(NC(=O)CN2C(=O)/C(=C3\SC(=S)N(CC4CCCO4)C3=O)c3ccccc32)cc1. The molecule has 2 saturated heterocycles. The summed E-state index contributed by atoms with van der Waals surface area (Å²) in [6.45, 7) is 2.88. The van der Waals surface area contributed by atoms with Crippen molar-refractivity contribution in [3.05, 3.63) is 64.6 Å². The van der Waals surface area contributed by atoms with Gasteiger partial charge in [-0.1, -0.05) is 59.9 Å². The second kappa shape index (κ2) is 9.32. The lowest BCUT2D eigenvalue weighted by Crippen LogP contribution is -2.36. The van der Waals surface area contributed by atoms with Crippen molar-refractivity contribution in [3.8, 4) is 0 Å². The average molecular weight is 494 g/mol. The van der Waals surface area contributed by atoms with Gasteiger partial charge in [0.1, 0.15) is 10.9 Å². The van der Waals surface area contributed by atoms with Crippen molar-refractivity contribution in [1.29, 1.82) is 0 Å². The fourth-order valence-electron chi connectivity index (χ4n) is 4.34. The van der Waals surface area contributed by atoms with E-state index < -0.39 is 0 Å². The number of carbonyl (C=O) groups excluding carboxylic acids is 3. The maximum Gasteiger partial charge on any atom is 0.267 e. The number of para-hydroxylation sites is 1. The summed E-state index contributed by atoms with van der Waals surface area (Å²) in [6, 6.07) is 14.7. The molecule has 0 bridgehead atoms. The predicted octanol–water partition coefficient (Wildman–Crippen LogP) is 3.73. The van der Waals surface area contributed by atoms with E-state index in [1.807, 2.05) is 43.3 Å². The van der Waals surface area contributed by atoms with Crippen molar-refractivity contribution < 1.29 is 19.1 Å². The minimum atomic E-state index is -0.377. The number of amides is 3. The molecule has 0 radical (unpaired) electrons. The van der Waals surface area contributed by atoms with E-state index in [9.17, 15) is 14.4 Å². The molecule has 2 fully saturated rings. The Balaban J connectivity index is 1.41. The van der Waals surface area contributed by atoms with Crippen LogP contribution in [-0.4, -0.2) is 52.7 Å². The number of anilines is 2. The largest absolute Gasteiger partial charge is 0.376 e. The normalized spacial score (nSPS) is 22.0. The quantitative estimate of drug-likeness (QED) is 0.505. The van der Waals surface area contributed by atoms with Crippen LogP contribution in [0.25, 0.3) is 5.57 Å². The summed E-state index contributed by atoms with van der Waals surface area (Å²) in [4.78, 5) is 42.8. The predicted molar refractivity (Wildman–Crippen MR) is 136 cm³/mol. The molecule has 3 aliphatic rings. The summed E-state index contributed by atoms with van der Waals surface area (Å²) < 4.78 is 6.09. The molecule has 3 aliphatic heterocycles. The van der Waals surface area contributed by atoms with Crippen LogP contribution >= 0.6 is 24.0 Å². The van der Waals surface area contributed by atoms with E-state index in [1.54, 1.807) is 12.1 Å². The van der Waals surface area contributed by atoms with Gasteiger partial charge in [0.2, 0.25) is 5.91 Å². The zero-order valence-electron chi connectivity index (χ0n) is 18.6. The highest BCUT2D eigenvalue weighted by molar-refractivity contribution is 8.26. The molecule has 174 valence electrons. The zero-order valence-corrected chi connectivity index (χ0v) is 20.2. The highest BCUT2D eigenvalue weighted by Gasteiger charge is 2.43. The van der Waals surface area contributed by atoms with Gasteiger partial charge in [-0.15, -0.1) is 0 Å². The van der Waals surface area contributed by atoms with Crippen LogP contribution in [0.15, 0.2) is 53.4 Å². The molecular weight excluding hydrogens is 470 g/mol. The second-order valence-electron chi connectivity index (χ2n) is 8.45. The first kappa shape index (κ1) is 22.8. The van der Waals surface area contributed by atoms with Crippen LogP contribution in [-0.2, 0) is 19.1 Å². The van der Waals surface area contributed by atoms with Crippen LogP contribution in [0.3, 0.4) is 0 Å². The van der Waals surface area contributed by atoms with Gasteiger partial charge in [-0.3, -0.25) is 24.2 Å². The van der Waals surface area contributed by atoms with Gasteiger partial charge in [0.15, 0.2) is 0 Å². The fourth-order valence-corrected chi connectivity index (χ4v) is 5.68. The minimum Gasteiger partial charge on any atom is -0.376 e. The Kier molecular flexibility index (Phi) is 6.24. The molecule has 9 heteroatoms. The Morgan fingerprint density at radius 2 is 1.88 bits per heavy atom. The molecule has 0 spiro atoms. The topological polar surface area (TPSA) is 79.0 Å². The lowest BCUT2D eigenvalue weighted by Gasteiger charge is -2.18. The van der Waals surface area contributed by atoms with Crippen LogP contribution < -0.4 is 10.2 Å². The Hall–Kier alpha value is -3.01. The Bertz CT molecular complexity index is 1220. The summed E-state index contributed by atoms with van der Waals surface area (Å²) in [5, 5.41) is 2.83. The highest BCUT2D eigenvalue weighted by Crippen LogP contribution is 2.44. The molecule has 1 unspecified atom stereocenters. The molecule has 7 nitrogen and oxygen atoms in total. The van der Waals surface area contributed by atoms with Gasteiger partial charge in [0, 0.05) is 17.9 Å². The van der Waals surface area contributed by atoms with Gasteiger partial charge in [0.05, 0.1) is 28.8 Å². The number of carbonyl (C=O) groups is 3. The molecule has 0 aliphatic carbocycles. The van der Waals surface area contributed by atoms with E-state index in [0.29, 0.717) is 44.9 Å². The first-order valence-corrected chi connectivity index (χ1v) is 12.3. The van der Waals surface area contributed by atoms with Crippen LogP contribution in [0.5, 0.6) is 0 Å². The zero-order chi connectivity index (χ0) is 23.8. The van der Waals surface area contributed by atoms with Crippen molar-refractivity contribution >= 4 is 63.0 Å². The van der Waals surface area contributed by atoms with Crippen LogP contribution in [0.2, 0.25) is 0 Å². The summed E-state index contributed by atoms with van der Waals surface area (Å²) in [6.07, 6.45) is 1.81. The molecule has 5 rings (SSSR count). The van der Waals surface area contributed by atoms with E-state index in [4.69, 9.17) is 17.0 Å². The average Bonchev–Trinajstić information content (AvgIpc) is 3.50. The van der Waals surface area contributed by atoms with E-state index in [-0.39, 0.29) is 30.4 Å². The number of hydrogen-bond acceptors (Lipinski definition) is 6.